The highest BCUT2D eigenvalue weighted by Gasteiger charge is 2.29. The van der Waals surface area contributed by atoms with Crippen LogP contribution in [0.3, 0.4) is 0 Å². The topological polar surface area (TPSA) is 34.2 Å². The summed E-state index contributed by atoms with van der Waals surface area (Å²) in [6, 6.07) is 0.941. The molecule has 3 nitrogen and oxygen atoms in total. The monoisotopic (exact) mass is 254 g/mol. The number of hydrogen-bond acceptors (Lipinski definition) is 4. The molecule has 0 aliphatic carbocycles. The molecule has 2 heterocycles. The Morgan fingerprint density at radius 3 is 2.94 bits per heavy atom. The van der Waals surface area contributed by atoms with Crippen molar-refractivity contribution in [3.05, 3.63) is 16.1 Å². The minimum atomic E-state index is 0.0123. The largest absolute Gasteiger partial charge is 0.375 e. The van der Waals surface area contributed by atoms with Crippen molar-refractivity contribution >= 4 is 11.3 Å². The summed E-state index contributed by atoms with van der Waals surface area (Å²) in [5, 5.41) is 3.71. The van der Waals surface area contributed by atoms with Crippen molar-refractivity contribution in [3.63, 3.8) is 0 Å². The van der Waals surface area contributed by atoms with E-state index in [-0.39, 0.29) is 5.60 Å². The molecule has 2 rings (SSSR count). The van der Waals surface area contributed by atoms with Gasteiger partial charge in [-0.1, -0.05) is 0 Å². The molecule has 0 radical (unpaired) electrons. The van der Waals surface area contributed by atoms with Gasteiger partial charge in [0.05, 0.1) is 16.8 Å². The molecule has 0 aromatic carbocycles. The molecule has 0 amide bonds. The molecular weight excluding hydrogens is 232 g/mol. The van der Waals surface area contributed by atoms with Gasteiger partial charge in [0.1, 0.15) is 0 Å². The number of nitrogens with one attached hydrogen (secondary N) is 1. The van der Waals surface area contributed by atoms with Crippen molar-refractivity contribution in [2.45, 2.75) is 58.2 Å². The Morgan fingerprint density at radius 2 is 2.35 bits per heavy atom. The molecule has 0 saturated carbocycles. The van der Waals surface area contributed by atoms with E-state index < -0.39 is 0 Å². The Balaban J connectivity index is 1.95. The van der Waals surface area contributed by atoms with Crippen LogP contribution >= 0.6 is 11.3 Å². The number of aryl methyl sites for hydroxylation is 1. The van der Waals surface area contributed by atoms with Crippen LogP contribution in [0.15, 0.2) is 5.51 Å². The van der Waals surface area contributed by atoms with Crippen molar-refractivity contribution in [2.24, 2.45) is 0 Å². The molecule has 1 aromatic heterocycles. The Hall–Kier alpha value is -0.450. The van der Waals surface area contributed by atoms with Crippen molar-refractivity contribution in [1.82, 2.24) is 10.3 Å². The lowest BCUT2D eigenvalue weighted by Gasteiger charge is -2.37. The molecule has 1 aliphatic heterocycles. The fourth-order valence-electron chi connectivity index (χ4n) is 2.53. The van der Waals surface area contributed by atoms with E-state index in [2.05, 4.69) is 38.0 Å². The van der Waals surface area contributed by atoms with Gasteiger partial charge in [-0.25, -0.2) is 4.98 Å². The zero-order valence-electron chi connectivity index (χ0n) is 11.1. The van der Waals surface area contributed by atoms with Crippen LogP contribution in [0.5, 0.6) is 0 Å². The molecule has 2 atom stereocenters. The van der Waals surface area contributed by atoms with Crippen LogP contribution in [-0.4, -0.2) is 23.2 Å². The van der Waals surface area contributed by atoms with Crippen LogP contribution in [0.4, 0.5) is 0 Å². The molecule has 1 aromatic rings. The average Bonchev–Trinajstić information content (AvgIpc) is 2.62. The summed E-state index contributed by atoms with van der Waals surface area (Å²) in [5.74, 6) is 0. The molecule has 1 saturated heterocycles. The van der Waals surface area contributed by atoms with E-state index in [1.54, 1.807) is 11.3 Å². The van der Waals surface area contributed by atoms with E-state index in [4.69, 9.17) is 4.74 Å². The summed E-state index contributed by atoms with van der Waals surface area (Å²) in [4.78, 5) is 5.67. The molecule has 17 heavy (non-hydrogen) atoms. The fraction of sp³-hybridized carbons (Fsp3) is 0.769. The van der Waals surface area contributed by atoms with E-state index in [0.29, 0.717) is 12.1 Å². The van der Waals surface area contributed by atoms with Crippen molar-refractivity contribution < 1.29 is 4.74 Å². The van der Waals surface area contributed by atoms with E-state index in [0.717, 1.165) is 25.1 Å². The Labute approximate surface area is 108 Å². The quantitative estimate of drug-likeness (QED) is 0.900. The molecule has 2 unspecified atom stereocenters. The van der Waals surface area contributed by atoms with Crippen LogP contribution in [0.1, 0.15) is 50.2 Å². The Kier molecular flexibility index (Phi) is 3.85. The van der Waals surface area contributed by atoms with Crippen LogP contribution in [0.25, 0.3) is 0 Å². The van der Waals surface area contributed by atoms with Crippen molar-refractivity contribution in [1.29, 1.82) is 0 Å². The predicted octanol–water partition coefficient (Wildman–Crippen LogP) is 3.06. The minimum Gasteiger partial charge on any atom is -0.375 e. The van der Waals surface area contributed by atoms with Gasteiger partial charge in [-0.05, 0) is 40.5 Å². The Bertz CT molecular complexity index is 375. The van der Waals surface area contributed by atoms with Gasteiger partial charge in [0.15, 0.2) is 0 Å². The molecule has 96 valence electrons. The van der Waals surface area contributed by atoms with E-state index >= 15 is 0 Å². The van der Waals surface area contributed by atoms with Gasteiger partial charge in [0.2, 0.25) is 0 Å². The van der Waals surface area contributed by atoms with Gasteiger partial charge >= 0.3 is 0 Å². The number of ether oxygens (including phenoxy) is 1. The smallest absolute Gasteiger partial charge is 0.0798 e. The van der Waals surface area contributed by atoms with Gasteiger partial charge < -0.3 is 10.1 Å². The highest BCUT2D eigenvalue weighted by atomic mass is 32.1. The van der Waals surface area contributed by atoms with Crippen molar-refractivity contribution in [3.8, 4) is 0 Å². The third kappa shape index (κ3) is 3.27. The predicted molar refractivity (Wildman–Crippen MR) is 71.5 cm³/mol. The zero-order valence-corrected chi connectivity index (χ0v) is 11.9. The van der Waals surface area contributed by atoms with Gasteiger partial charge in [-0.15, -0.1) is 11.3 Å². The number of nitrogens with zero attached hydrogens (tertiary/aromatic N) is 1. The molecule has 0 spiro atoms. The van der Waals surface area contributed by atoms with Crippen LogP contribution in [-0.2, 0) is 4.74 Å². The van der Waals surface area contributed by atoms with Crippen LogP contribution < -0.4 is 5.32 Å². The lowest BCUT2D eigenvalue weighted by Crippen LogP contribution is -2.44. The number of rotatable bonds is 3. The van der Waals surface area contributed by atoms with Crippen LogP contribution in [0, 0.1) is 6.92 Å². The normalized spacial score (nSPS) is 25.8. The number of hydrogen-bond donors (Lipinski definition) is 1. The van der Waals surface area contributed by atoms with E-state index in [1.807, 2.05) is 5.51 Å². The summed E-state index contributed by atoms with van der Waals surface area (Å²) in [5.41, 5.74) is 3.09. The second-order valence-corrected chi connectivity index (χ2v) is 6.37. The lowest BCUT2D eigenvalue weighted by atomic mass is 9.93. The van der Waals surface area contributed by atoms with Gasteiger partial charge in [-0.2, -0.15) is 0 Å². The maximum Gasteiger partial charge on any atom is 0.0798 e. The zero-order chi connectivity index (χ0) is 12.5. The molecule has 1 fully saturated rings. The lowest BCUT2D eigenvalue weighted by molar-refractivity contribution is -0.0639. The summed E-state index contributed by atoms with van der Waals surface area (Å²) in [7, 11) is 0. The number of aromatic nitrogens is 1. The third-order valence-electron chi connectivity index (χ3n) is 3.36. The standard InChI is InChI=1S/C13H22N2OS/c1-9-12(17-8-14-9)10(2)15-11-5-6-16-13(3,4)7-11/h8,10-11,15H,5-7H2,1-4H3. The second kappa shape index (κ2) is 5.04. The van der Waals surface area contributed by atoms with Gasteiger partial charge in [0.25, 0.3) is 0 Å². The maximum absolute atomic E-state index is 5.74. The molecule has 0 bridgehead atoms. The highest BCUT2D eigenvalue weighted by Crippen LogP contribution is 2.27. The van der Waals surface area contributed by atoms with E-state index in [9.17, 15) is 0 Å². The van der Waals surface area contributed by atoms with Gasteiger partial charge in [0, 0.05) is 23.6 Å². The first kappa shape index (κ1) is 13.0. The maximum atomic E-state index is 5.74. The minimum absolute atomic E-state index is 0.0123. The van der Waals surface area contributed by atoms with Crippen LogP contribution in [0.2, 0.25) is 0 Å². The molecule has 1 N–H and O–H groups in total. The first-order valence-corrected chi connectivity index (χ1v) is 7.16. The second-order valence-electron chi connectivity index (χ2n) is 5.49. The first-order chi connectivity index (χ1) is 7.98. The third-order valence-corrected chi connectivity index (χ3v) is 4.47. The average molecular weight is 254 g/mol. The van der Waals surface area contributed by atoms with Crippen molar-refractivity contribution in [2.75, 3.05) is 6.61 Å². The fourth-order valence-corrected chi connectivity index (χ4v) is 3.35. The van der Waals surface area contributed by atoms with Gasteiger partial charge in [-0.3, -0.25) is 0 Å². The summed E-state index contributed by atoms with van der Waals surface area (Å²) in [6.45, 7) is 9.51. The first-order valence-electron chi connectivity index (χ1n) is 6.28. The molecular formula is C13H22N2OS. The highest BCUT2D eigenvalue weighted by molar-refractivity contribution is 7.09. The van der Waals surface area contributed by atoms with E-state index in [1.165, 1.54) is 4.88 Å². The SMILES string of the molecule is Cc1ncsc1C(C)NC1CCOC(C)(C)C1. The summed E-state index contributed by atoms with van der Waals surface area (Å²) < 4.78 is 5.74. The summed E-state index contributed by atoms with van der Waals surface area (Å²) in [6.07, 6.45) is 2.18. The molecule has 1 aliphatic rings. The number of thiazole rings is 1. The summed E-state index contributed by atoms with van der Waals surface area (Å²) >= 11 is 1.74. The molecule has 4 heteroatoms. The Morgan fingerprint density at radius 1 is 1.59 bits per heavy atom.